The Morgan fingerprint density at radius 2 is 1.71 bits per heavy atom. The molecule has 128 valence electrons. The van der Waals surface area contributed by atoms with E-state index >= 15 is 0 Å². The molecule has 0 saturated heterocycles. The summed E-state index contributed by atoms with van der Waals surface area (Å²) in [5.74, 6) is 0. The van der Waals surface area contributed by atoms with Crippen molar-refractivity contribution in [2.75, 3.05) is 18.9 Å². The topological polar surface area (TPSA) is 64.6 Å². The van der Waals surface area contributed by atoms with Crippen LogP contribution in [0.5, 0.6) is 0 Å². The molecule has 0 heterocycles. The van der Waals surface area contributed by atoms with Crippen molar-refractivity contribution in [3.05, 3.63) is 64.7 Å². The third-order valence-corrected chi connectivity index (χ3v) is 3.78. The minimum Gasteiger partial charge on any atom is -0.334 e. The molecule has 2 aromatic carbocycles. The van der Waals surface area contributed by atoms with Gasteiger partial charge in [-0.25, -0.2) is 4.79 Å². The molecule has 0 fully saturated rings. The maximum Gasteiger partial charge on any atom is 0.319 e. The summed E-state index contributed by atoms with van der Waals surface area (Å²) in [4.78, 5) is 11.9. The number of amides is 2. The van der Waals surface area contributed by atoms with Crippen LogP contribution in [0.25, 0.3) is 0 Å². The van der Waals surface area contributed by atoms with Crippen molar-refractivity contribution in [3.63, 3.8) is 0 Å². The summed E-state index contributed by atoms with van der Waals surface area (Å²) in [5, 5.41) is 16.6. The number of anilines is 1. The number of halogens is 1. The maximum atomic E-state index is 11.9. The van der Waals surface area contributed by atoms with Gasteiger partial charge in [-0.05, 0) is 48.2 Å². The van der Waals surface area contributed by atoms with E-state index in [0.29, 0.717) is 18.1 Å². The molecule has 0 bridgehead atoms. The molecule has 0 aliphatic carbocycles. The van der Waals surface area contributed by atoms with Crippen molar-refractivity contribution in [1.82, 2.24) is 10.4 Å². The lowest BCUT2D eigenvalue weighted by Gasteiger charge is -2.10. The van der Waals surface area contributed by atoms with Crippen LogP contribution in [-0.2, 0) is 13.0 Å². The summed E-state index contributed by atoms with van der Waals surface area (Å²) in [7, 11) is 1.63. The highest BCUT2D eigenvalue weighted by Crippen LogP contribution is 2.12. The van der Waals surface area contributed by atoms with Crippen LogP contribution in [0.1, 0.15) is 17.5 Å². The molecule has 2 aromatic rings. The SMILES string of the molecule is CN(O)CCCc1ccc(NC(=O)NCc2ccc(Cl)cc2)cc1. The molecule has 0 aliphatic heterocycles. The molecule has 0 aromatic heterocycles. The van der Waals surface area contributed by atoms with Crippen molar-refractivity contribution < 1.29 is 10.0 Å². The lowest BCUT2D eigenvalue weighted by atomic mass is 10.1. The number of hydroxylamine groups is 2. The fourth-order valence-electron chi connectivity index (χ4n) is 2.23. The van der Waals surface area contributed by atoms with Crippen LogP contribution in [0, 0.1) is 0 Å². The number of hydrogen-bond acceptors (Lipinski definition) is 3. The van der Waals surface area contributed by atoms with E-state index in [1.54, 1.807) is 19.2 Å². The standard InChI is InChI=1S/C18H22ClN3O2/c1-22(24)12-2-3-14-6-10-17(11-7-14)21-18(23)20-13-15-4-8-16(19)9-5-15/h4-11,24H,2-3,12-13H2,1H3,(H2,20,21,23). The van der Waals surface area contributed by atoms with Gasteiger partial charge in [-0.2, -0.15) is 5.06 Å². The maximum absolute atomic E-state index is 11.9. The quantitative estimate of drug-likeness (QED) is 0.665. The molecule has 0 atom stereocenters. The van der Waals surface area contributed by atoms with Crippen LogP contribution in [0.2, 0.25) is 5.02 Å². The van der Waals surface area contributed by atoms with E-state index in [9.17, 15) is 4.79 Å². The molecular weight excluding hydrogens is 326 g/mol. The highest BCUT2D eigenvalue weighted by molar-refractivity contribution is 6.30. The Morgan fingerprint density at radius 3 is 2.33 bits per heavy atom. The lowest BCUT2D eigenvalue weighted by Crippen LogP contribution is -2.28. The van der Waals surface area contributed by atoms with Crippen LogP contribution >= 0.6 is 11.6 Å². The van der Waals surface area contributed by atoms with E-state index in [-0.39, 0.29) is 6.03 Å². The molecule has 0 aliphatic rings. The average Bonchev–Trinajstić information content (AvgIpc) is 2.56. The number of aryl methyl sites for hydroxylation is 1. The molecule has 0 saturated carbocycles. The Morgan fingerprint density at radius 1 is 1.08 bits per heavy atom. The summed E-state index contributed by atoms with van der Waals surface area (Å²) in [5.41, 5.74) is 2.90. The van der Waals surface area contributed by atoms with Crippen LogP contribution in [0.15, 0.2) is 48.5 Å². The van der Waals surface area contributed by atoms with E-state index in [0.717, 1.165) is 24.1 Å². The van der Waals surface area contributed by atoms with Crippen LogP contribution in [0.3, 0.4) is 0 Å². The molecule has 0 unspecified atom stereocenters. The van der Waals surface area contributed by atoms with E-state index in [2.05, 4.69) is 10.6 Å². The first-order valence-corrected chi connectivity index (χ1v) is 8.19. The number of urea groups is 1. The highest BCUT2D eigenvalue weighted by atomic mass is 35.5. The molecule has 5 nitrogen and oxygen atoms in total. The van der Waals surface area contributed by atoms with E-state index < -0.39 is 0 Å². The lowest BCUT2D eigenvalue weighted by molar-refractivity contribution is -0.0651. The number of rotatable bonds is 7. The Bertz CT molecular complexity index is 642. The largest absolute Gasteiger partial charge is 0.334 e. The Labute approximate surface area is 147 Å². The second kappa shape index (κ2) is 9.27. The van der Waals surface area contributed by atoms with Gasteiger partial charge in [0, 0.05) is 30.8 Å². The predicted octanol–water partition coefficient (Wildman–Crippen LogP) is 3.92. The Hall–Kier alpha value is -2.08. The normalized spacial score (nSPS) is 10.7. The number of hydrogen-bond donors (Lipinski definition) is 3. The number of nitrogens with zero attached hydrogens (tertiary/aromatic N) is 1. The van der Waals surface area contributed by atoms with Gasteiger partial charge in [0.15, 0.2) is 0 Å². The van der Waals surface area contributed by atoms with Crippen molar-refractivity contribution in [2.24, 2.45) is 0 Å². The second-order valence-corrected chi connectivity index (χ2v) is 6.05. The second-order valence-electron chi connectivity index (χ2n) is 5.62. The van der Waals surface area contributed by atoms with Crippen molar-refractivity contribution in [1.29, 1.82) is 0 Å². The summed E-state index contributed by atoms with van der Waals surface area (Å²) < 4.78 is 0. The summed E-state index contributed by atoms with van der Waals surface area (Å²) >= 11 is 5.83. The summed E-state index contributed by atoms with van der Waals surface area (Å²) in [6.07, 6.45) is 1.76. The number of carbonyl (C=O) groups is 1. The van der Waals surface area contributed by atoms with Gasteiger partial charge in [0.2, 0.25) is 0 Å². The van der Waals surface area contributed by atoms with Gasteiger partial charge < -0.3 is 15.8 Å². The Balaban J connectivity index is 1.76. The first kappa shape index (κ1) is 18.3. The zero-order valence-corrected chi connectivity index (χ0v) is 14.4. The molecule has 2 amide bonds. The number of nitrogens with one attached hydrogen (secondary N) is 2. The van der Waals surface area contributed by atoms with Crippen molar-refractivity contribution >= 4 is 23.3 Å². The zero-order valence-electron chi connectivity index (χ0n) is 13.6. The van der Waals surface area contributed by atoms with Gasteiger partial charge in [-0.15, -0.1) is 0 Å². The highest BCUT2D eigenvalue weighted by Gasteiger charge is 2.02. The first-order chi connectivity index (χ1) is 11.5. The molecular formula is C18H22ClN3O2. The fraction of sp³-hybridized carbons (Fsp3) is 0.278. The minimum atomic E-state index is -0.250. The van der Waals surface area contributed by atoms with Crippen LogP contribution < -0.4 is 10.6 Å². The molecule has 24 heavy (non-hydrogen) atoms. The van der Waals surface area contributed by atoms with Gasteiger partial charge >= 0.3 is 6.03 Å². The number of benzene rings is 2. The monoisotopic (exact) mass is 347 g/mol. The molecule has 6 heteroatoms. The molecule has 2 rings (SSSR count). The minimum absolute atomic E-state index is 0.250. The average molecular weight is 348 g/mol. The third-order valence-electron chi connectivity index (χ3n) is 3.53. The molecule has 0 radical (unpaired) electrons. The molecule has 3 N–H and O–H groups in total. The van der Waals surface area contributed by atoms with Crippen molar-refractivity contribution in [3.8, 4) is 0 Å². The summed E-state index contributed by atoms with van der Waals surface area (Å²) in [6, 6.07) is 14.8. The van der Waals surface area contributed by atoms with Gasteiger partial charge in [0.05, 0.1) is 0 Å². The van der Waals surface area contributed by atoms with Gasteiger partial charge in [-0.1, -0.05) is 35.9 Å². The van der Waals surface area contributed by atoms with Crippen molar-refractivity contribution in [2.45, 2.75) is 19.4 Å². The third kappa shape index (κ3) is 6.58. The fourth-order valence-corrected chi connectivity index (χ4v) is 2.35. The van der Waals surface area contributed by atoms with E-state index in [4.69, 9.17) is 16.8 Å². The first-order valence-electron chi connectivity index (χ1n) is 7.81. The van der Waals surface area contributed by atoms with Gasteiger partial charge in [0.25, 0.3) is 0 Å². The van der Waals surface area contributed by atoms with Gasteiger partial charge in [0.1, 0.15) is 0 Å². The van der Waals surface area contributed by atoms with E-state index in [1.807, 2.05) is 36.4 Å². The van der Waals surface area contributed by atoms with Crippen LogP contribution in [-0.4, -0.2) is 29.9 Å². The smallest absolute Gasteiger partial charge is 0.319 e. The Kier molecular flexibility index (Phi) is 7.06. The van der Waals surface area contributed by atoms with Crippen LogP contribution in [0.4, 0.5) is 10.5 Å². The summed E-state index contributed by atoms with van der Waals surface area (Å²) in [6.45, 7) is 1.07. The van der Waals surface area contributed by atoms with E-state index in [1.165, 1.54) is 10.6 Å². The van der Waals surface area contributed by atoms with Gasteiger partial charge in [-0.3, -0.25) is 0 Å². The predicted molar refractivity (Wildman–Crippen MR) is 96.5 cm³/mol. The zero-order chi connectivity index (χ0) is 17.4. The molecule has 0 spiro atoms. The number of carbonyl (C=O) groups excluding carboxylic acids is 1.